The Balaban J connectivity index is 1.61. The number of aryl methyl sites for hydroxylation is 2. The quantitative estimate of drug-likeness (QED) is 0.652. The molecular weight excluding hydrogens is 372 g/mol. The first-order chi connectivity index (χ1) is 13.8. The summed E-state index contributed by atoms with van der Waals surface area (Å²) in [6.07, 6.45) is -0.389. The number of carbonyl (C=O) groups excluding carboxylic acids is 1. The van der Waals surface area contributed by atoms with E-state index in [0.717, 1.165) is 11.1 Å². The zero-order chi connectivity index (χ0) is 20.7. The molecule has 0 radical (unpaired) electrons. The Hall–Kier alpha value is -3.54. The lowest BCUT2D eigenvalue weighted by molar-refractivity contribution is -0.118. The molecule has 148 valence electrons. The van der Waals surface area contributed by atoms with Gasteiger partial charge in [-0.3, -0.25) is 4.79 Å². The highest BCUT2D eigenvalue weighted by Crippen LogP contribution is 2.34. The Bertz CT molecular complexity index is 1230. The number of carbonyl (C=O) groups is 1. The zero-order valence-corrected chi connectivity index (χ0v) is 16.1. The molecule has 1 aliphatic heterocycles. The van der Waals surface area contributed by atoms with Gasteiger partial charge in [-0.1, -0.05) is 12.1 Å². The maximum Gasteiger partial charge on any atom is 0.343 e. The van der Waals surface area contributed by atoms with E-state index >= 15 is 0 Å². The zero-order valence-electron chi connectivity index (χ0n) is 16.1. The van der Waals surface area contributed by atoms with Crippen LogP contribution in [0.4, 0.5) is 0 Å². The summed E-state index contributed by atoms with van der Waals surface area (Å²) in [5.74, 6) is 0.00921. The number of aliphatic hydroxyl groups excluding tert-OH is 1. The molecule has 0 spiro atoms. The highest BCUT2D eigenvalue weighted by atomic mass is 16.5. The Morgan fingerprint density at radius 1 is 1.03 bits per heavy atom. The molecule has 1 aromatic heterocycles. The average molecular weight is 392 g/mol. The monoisotopic (exact) mass is 392 g/mol. The van der Waals surface area contributed by atoms with Gasteiger partial charge in [0.25, 0.3) is 0 Å². The number of aliphatic hydroxyl groups is 1. The molecule has 0 atom stereocenters. The van der Waals surface area contributed by atoms with Crippen LogP contribution in [0.5, 0.6) is 11.5 Å². The smallest absolute Gasteiger partial charge is 0.343 e. The van der Waals surface area contributed by atoms with Crippen LogP contribution in [0.15, 0.2) is 51.2 Å². The molecule has 0 aliphatic carbocycles. The van der Waals surface area contributed by atoms with Gasteiger partial charge in [-0.15, -0.1) is 0 Å². The minimum atomic E-state index is -0.743. The summed E-state index contributed by atoms with van der Waals surface area (Å²) in [6.45, 7) is 3.86. The van der Waals surface area contributed by atoms with Crippen molar-refractivity contribution >= 4 is 22.5 Å². The minimum Gasteiger partial charge on any atom is -0.507 e. The average Bonchev–Trinajstić information content (AvgIpc) is 2.67. The van der Waals surface area contributed by atoms with Crippen molar-refractivity contribution in [2.75, 3.05) is 6.61 Å². The molecule has 0 fully saturated rings. The number of fused-ring (bicyclic) bond motifs is 2. The summed E-state index contributed by atoms with van der Waals surface area (Å²) in [5.41, 5.74) is 2.31. The van der Waals surface area contributed by atoms with Crippen molar-refractivity contribution in [3.63, 3.8) is 0 Å². The fourth-order valence-electron chi connectivity index (χ4n) is 3.49. The Kier molecular flexibility index (Phi) is 4.62. The van der Waals surface area contributed by atoms with Crippen LogP contribution in [0.3, 0.4) is 0 Å². The summed E-state index contributed by atoms with van der Waals surface area (Å²) in [7, 11) is 0. The van der Waals surface area contributed by atoms with Gasteiger partial charge in [0.05, 0.1) is 16.5 Å². The molecule has 1 aliphatic rings. The fraction of sp³-hybridized carbons (Fsp3) is 0.217. The molecular formula is C23H20O6. The van der Waals surface area contributed by atoms with Crippen molar-refractivity contribution in [3.05, 3.63) is 74.6 Å². The summed E-state index contributed by atoms with van der Waals surface area (Å²) >= 11 is 0. The lowest BCUT2D eigenvalue weighted by Crippen LogP contribution is -2.18. The molecule has 2 heterocycles. The van der Waals surface area contributed by atoms with E-state index < -0.39 is 5.63 Å². The third-order valence-corrected chi connectivity index (χ3v) is 5.04. The topological polar surface area (TPSA) is 97.0 Å². The maximum absolute atomic E-state index is 12.6. The van der Waals surface area contributed by atoms with Crippen molar-refractivity contribution in [2.24, 2.45) is 0 Å². The first-order valence-electron chi connectivity index (χ1n) is 9.25. The van der Waals surface area contributed by atoms with Crippen LogP contribution in [-0.2, 0) is 11.2 Å². The molecule has 3 aromatic rings. The third kappa shape index (κ3) is 3.49. The van der Waals surface area contributed by atoms with Crippen LogP contribution in [-0.4, -0.2) is 22.6 Å². The molecule has 0 unspecified atom stereocenters. The van der Waals surface area contributed by atoms with E-state index in [9.17, 15) is 19.8 Å². The van der Waals surface area contributed by atoms with Crippen molar-refractivity contribution < 1.29 is 24.2 Å². The van der Waals surface area contributed by atoms with Gasteiger partial charge in [-0.25, -0.2) is 4.79 Å². The van der Waals surface area contributed by atoms with Gasteiger partial charge in [0.2, 0.25) is 0 Å². The number of hydrogen-bond donors (Lipinski definition) is 2. The van der Waals surface area contributed by atoms with Crippen molar-refractivity contribution in [2.45, 2.75) is 26.7 Å². The van der Waals surface area contributed by atoms with Crippen LogP contribution in [0.1, 0.15) is 28.7 Å². The Morgan fingerprint density at radius 2 is 1.76 bits per heavy atom. The predicted molar refractivity (Wildman–Crippen MR) is 108 cm³/mol. The van der Waals surface area contributed by atoms with E-state index in [1.54, 1.807) is 24.3 Å². The molecule has 6 nitrogen and oxygen atoms in total. The van der Waals surface area contributed by atoms with E-state index in [-0.39, 0.29) is 47.9 Å². The van der Waals surface area contributed by atoms with Gasteiger partial charge in [0.1, 0.15) is 35.2 Å². The van der Waals surface area contributed by atoms with E-state index in [4.69, 9.17) is 9.15 Å². The van der Waals surface area contributed by atoms with Gasteiger partial charge in [0, 0.05) is 18.4 Å². The van der Waals surface area contributed by atoms with E-state index in [2.05, 4.69) is 0 Å². The first-order valence-corrected chi connectivity index (χ1v) is 9.25. The molecule has 6 heteroatoms. The number of ketones is 1. The van der Waals surface area contributed by atoms with Gasteiger partial charge in [-0.05, 0) is 49.2 Å². The summed E-state index contributed by atoms with van der Waals surface area (Å²) in [4.78, 5) is 24.9. The molecule has 2 N–H and O–H groups in total. The second kappa shape index (κ2) is 7.13. The number of rotatable bonds is 4. The second-order valence-corrected chi connectivity index (χ2v) is 7.35. The highest BCUT2D eigenvalue weighted by Gasteiger charge is 2.23. The molecule has 4 rings (SSSR count). The lowest BCUT2D eigenvalue weighted by atomic mass is 9.97. The minimum absolute atomic E-state index is 0.0184. The van der Waals surface area contributed by atoms with E-state index in [0.29, 0.717) is 22.3 Å². The van der Waals surface area contributed by atoms with Gasteiger partial charge < -0.3 is 19.4 Å². The third-order valence-electron chi connectivity index (χ3n) is 5.04. The van der Waals surface area contributed by atoms with Crippen LogP contribution < -0.4 is 10.4 Å². The number of Topliss-reactive ketones (excluding diaryl/α,β-unsaturated/α-hetero) is 1. The highest BCUT2D eigenvalue weighted by molar-refractivity contribution is 5.89. The first kappa shape index (κ1) is 18.8. The van der Waals surface area contributed by atoms with Crippen LogP contribution in [0.2, 0.25) is 0 Å². The van der Waals surface area contributed by atoms with E-state index in [1.165, 1.54) is 0 Å². The van der Waals surface area contributed by atoms with Crippen molar-refractivity contribution in [1.82, 2.24) is 0 Å². The van der Waals surface area contributed by atoms with Crippen molar-refractivity contribution in [1.29, 1.82) is 0 Å². The summed E-state index contributed by atoms with van der Waals surface area (Å²) in [6, 6.07) is 10.5. The number of aromatic hydroxyl groups is 1. The van der Waals surface area contributed by atoms with Crippen molar-refractivity contribution in [3.8, 4) is 11.5 Å². The van der Waals surface area contributed by atoms with E-state index in [1.807, 2.05) is 26.0 Å². The van der Waals surface area contributed by atoms with Gasteiger partial charge in [0.15, 0.2) is 0 Å². The van der Waals surface area contributed by atoms with Gasteiger partial charge >= 0.3 is 5.63 Å². The number of benzene rings is 2. The standard InChI is InChI=1S/C23H20O6/c1-12-3-5-16-19(7-12)28-11-14(21(16)25)9-15(24)10-18-22(26)17-6-4-13(2)8-20(17)29-23(18)27/h3-8,25-26H,9-11H2,1-2H3. The predicted octanol–water partition coefficient (Wildman–Crippen LogP) is 3.98. The lowest BCUT2D eigenvalue weighted by Gasteiger charge is -2.21. The van der Waals surface area contributed by atoms with Gasteiger partial charge in [-0.2, -0.15) is 0 Å². The molecule has 2 aromatic carbocycles. The normalized spacial score (nSPS) is 13.3. The second-order valence-electron chi connectivity index (χ2n) is 7.35. The summed E-state index contributed by atoms with van der Waals surface area (Å²) in [5, 5.41) is 21.4. The molecule has 0 amide bonds. The molecule has 29 heavy (non-hydrogen) atoms. The van der Waals surface area contributed by atoms with Crippen LogP contribution in [0, 0.1) is 13.8 Å². The SMILES string of the molecule is Cc1ccc2c(c1)OCC(CC(=O)Cc1c(O)c3ccc(C)cc3oc1=O)=C2O. The molecule has 0 saturated heterocycles. The summed E-state index contributed by atoms with van der Waals surface area (Å²) < 4.78 is 10.9. The molecule has 0 bridgehead atoms. The number of hydrogen-bond acceptors (Lipinski definition) is 6. The van der Waals surface area contributed by atoms with Crippen LogP contribution >= 0.6 is 0 Å². The Morgan fingerprint density at radius 3 is 2.55 bits per heavy atom. The Labute approximate surface area is 166 Å². The number of ether oxygens (including phenoxy) is 1. The fourth-order valence-corrected chi connectivity index (χ4v) is 3.49. The van der Waals surface area contributed by atoms with Crippen LogP contribution in [0.25, 0.3) is 16.7 Å². The largest absolute Gasteiger partial charge is 0.507 e. The maximum atomic E-state index is 12.6. The molecule has 0 saturated carbocycles.